The van der Waals surface area contributed by atoms with Crippen molar-refractivity contribution in [2.24, 2.45) is 0 Å². The van der Waals surface area contributed by atoms with E-state index < -0.39 is 0 Å². The Morgan fingerprint density at radius 1 is 1.14 bits per heavy atom. The second kappa shape index (κ2) is 7.07. The van der Waals surface area contributed by atoms with Gasteiger partial charge in [-0.3, -0.25) is 9.59 Å². The fourth-order valence-electron chi connectivity index (χ4n) is 2.58. The van der Waals surface area contributed by atoms with Gasteiger partial charge < -0.3 is 9.80 Å². The molecule has 0 unspecified atom stereocenters. The van der Waals surface area contributed by atoms with Gasteiger partial charge in [-0.2, -0.15) is 0 Å². The molecular weight excluding hydrogens is 332 g/mol. The first-order chi connectivity index (χ1) is 10.0. The predicted molar refractivity (Wildman–Crippen MR) is 86.3 cm³/mol. The molecule has 1 aliphatic rings. The quantitative estimate of drug-likeness (QED) is 0.820. The molecule has 21 heavy (non-hydrogen) atoms. The highest BCUT2D eigenvalue weighted by Gasteiger charge is 2.23. The van der Waals surface area contributed by atoms with Crippen molar-refractivity contribution in [3.05, 3.63) is 33.8 Å². The maximum absolute atomic E-state index is 12.7. The van der Waals surface area contributed by atoms with Gasteiger partial charge in [0.1, 0.15) is 0 Å². The number of amides is 2. The van der Waals surface area contributed by atoms with Crippen LogP contribution in [0.4, 0.5) is 0 Å². The lowest BCUT2D eigenvalue weighted by Crippen LogP contribution is -2.37. The first kappa shape index (κ1) is 16.0. The van der Waals surface area contributed by atoms with Crippen molar-refractivity contribution in [3.63, 3.8) is 0 Å². The van der Waals surface area contributed by atoms with Crippen molar-refractivity contribution in [3.8, 4) is 0 Å². The summed E-state index contributed by atoms with van der Waals surface area (Å²) in [4.78, 5) is 28.2. The van der Waals surface area contributed by atoms with Crippen LogP contribution in [0.3, 0.4) is 0 Å². The molecule has 2 amide bonds. The molecule has 1 aliphatic heterocycles. The van der Waals surface area contributed by atoms with Gasteiger partial charge in [-0.25, -0.2) is 0 Å². The highest BCUT2D eigenvalue weighted by molar-refractivity contribution is 9.10. The number of halogens is 1. The van der Waals surface area contributed by atoms with Crippen molar-refractivity contribution in [2.75, 3.05) is 26.2 Å². The van der Waals surface area contributed by atoms with E-state index in [-0.39, 0.29) is 11.8 Å². The molecule has 0 atom stereocenters. The molecule has 1 aromatic carbocycles. The van der Waals surface area contributed by atoms with Crippen LogP contribution in [0.5, 0.6) is 0 Å². The maximum Gasteiger partial charge on any atom is 0.255 e. The van der Waals surface area contributed by atoms with E-state index in [1.165, 1.54) is 0 Å². The summed E-state index contributed by atoms with van der Waals surface area (Å²) in [6.45, 7) is 6.52. The van der Waals surface area contributed by atoms with E-state index in [0.717, 1.165) is 23.0 Å². The van der Waals surface area contributed by atoms with Gasteiger partial charge in [-0.15, -0.1) is 0 Å². The molecule has 4 nitrogen and oxygen atoms in total. The number of carbonyl (C=O) groups excluding carboxylic acids is 2. The minimum Gasteiger partial charge on any atom is -0.341 e. The van der Waals surface area contributed by atoms with Gasteiger partial charge in [0.15, 0.2) is 0 Å². The molecule has 1 saturated heterocycles. The van der Waals surface area contributed by atoms with Crippen LogP contribution in [0.15, 0.2) is 22.7 Å². The Labute approximate surface area is 134 Å². The topological polar surface area (TPSA) is 40.6 Å². The van der Waals surface area contributed by atoms with Crippen LogP contribution in [0.25, 0.3) is 0 Å². The molecule has 1 heterocycles. The van der Waals surface area contributed by atoms with Crippen molar-refractivity contribution < 1.29 is 9.59 Å². The van der Waals surface area contributed by atoms with Crippen LogP contribution in [0, 0.1) is 6.92 Å². The average molecular weight is 353 g/mol. The molecule has 114 valence electrons. The van der Waals surface area contributed by atoms with Crippen molar-refractivity contribution in [1.29, 1.82) is 0 Å². The molecule has 0 bridgehead atoms. The van der Waals surface area contributed by atoms with E-state index >= 15 is 0 Å². The number of carbonyl (C=O) groups is 2. The van der Waals surface area contributed by atoms with Crippen LogP contribution in [-0.2, 0) is 4.79 Å². The first-order valence-electron chi connectivity index (χ1n) is 7.36. The summed E-state index contributed by atoms with van der Waals surface area (Å²) in [6.07, 6.45) is 1.36. The lowest BCUT2D eigenvalue weighted by atomic mass is 10.1. The molecule has 0 spiro atoms. The van der Waals surface area contributed by atoms with Gasteiger partial charge in [-0.1, -0.05) is 19.1 Å². The second-order valence-corrected chi connectivity index (χ2v) is 6.11. The van der Waals surface area contributed by atoms with Crippen molar-refractivity contribution >= 4 is 27.7 Å². The third-order valence-corrected chi connectivity index (χ3v) is 4.91. The summed E-state index contributed by atoms with van der Waals surface area (Å²) in [7, 11) is 0. The standard InChI is InChI=1S/C16H21BrN2O2/c1-3-14(20)18-8-5-9-19(11-10-18)16(21)13-7-4-6-12(2)15(13)17/h4,6-7H,3,5,8-11H2,1-2H3. The molecule has 0 saturated carbocycles. The Kier molecular flexibility index (Phi) is 5.39. The van der Waals surface area contributed by atoms with Gasteiger partial charge in [0.05, 0.1) is 5.56 Å². The van der Waals surface area contributed by atoms with E-state index in [1.54, 1.807) is 0 Å². The fraction of sp³-hybridized carbons (Fsp3) is 0.500. The van der Waals surface area contributed by atoms with Crippen LogP contribution in [0.2, 0.25) is 0 Å². The average Bonchev–Trinajstić information content (AvgIpc) is 2.74. The smallest absolute Gasteiger partial charge is 0.255 e. The zero-order valence-corrected chi connectivity index (χ0v) is 14.1. The van der Waals surface area contributed by atoms with E-state index in [9.17, 15) is 9.59 Å². The van der Waals surface area contributed by atoms with Gasteiger partial charge in [0.25, 0.3) is 5.91 Å². The van der Waals surface area contributed by atoms with Crippen LogP contribution in [-0.4, -0.2) is 47.8 Å². The highest BCUT2D eigenvalue weighted by atomic mass is 79.9. The van der Waals surface area contributed by atoms with E-state index in [4.69, 9.17) is 0 Å². The zero-order valence-electron chi connectivity index (χ0n) is 12.6. The van der Waals surface area contributed by atoms with E-state index in [2.05, 4.69) is 15.9 Å². The Morgan fingerprint density at radius 2 is 1.81 bits per heavy atom. The summed E-state index contributed by atoms with van der Waals surface area (Å²) in [5.74, 6) is 0.206. The van der Waals surface area contributed by atoms with Gasteiger partial charge in [0, 0.05) is 37.1 Å². The third kappa shape index (κ3) is 3.64. The van der Waals surface area contributed by atoms with Crippen LogP contribution < -0.4 is 0 Å². The summed E-state index contributed by atoms with van der Waals surface area (Å²) >= 11 is 3.50. The predicted octanol–water partition coefficient (Wildman–Crippen LogP) is 2.84. The largest absolute Gasteiger partial charge is 0.341 e. The number of rotatable bonds is 2. The Balaban J connectivity index is 2.10. The summed E-state index contributed by atoms with van der Waals surface area (Å²) in [5, 5.41) is 0. The lowest BCUT2D eigenvalue weighted by Gasteiger charge is -2.22. The first-order valence-corrected chi connectivity index (χ1v) is 8.16. The van der Waals surface area contributed by atoms with Crippen LogP contribution in [0.1, 0.15) is 35.7 Å². The molecule has 0 radical (unpaired) electrons. The highest BCUT2D eigenvalue weighted by Crippen LogP contribution is 2.23. The lowest BCUT2D eigenvalue weighted by molar-refractivity contribution is -0.130. The van der Waals surface area contributed by atoms with Gasteiger partial charge in [-0.05, 0) is 40.9 Å². The van der Waals surface area contributed by atoms with Gasteiger partial charge >= 0.3 is 0 Å². The van der Waals surface area contributed by atoms with Crippen molar-refractivity contribution in [2.45, 2.75) is 26.7 Å². The second-order valence-electron chi connectivity index (χ2n) is 5.32. The maximum atomic E-state index is 12.7. The zero-order chi connectivity index (χ0) is 15.4. The summed E-state index contributed by atoms with van der Waals surface area (Å²) < 4.78 is 0.862. The summed E-state index contributed by atoms with van der Waals surface area (Å²) in [5.41, 5.74) is 1.75. The van der Waals surface area contributed by atoms with Crippen molar-refractivity contribution in [1.82, 2.24) is 9.80 Å². The molecule has 0 aromatic heterocycles. The molecule has 2 rings (SSSR count). The number of hydrogen-bond donors (Lipinski definition) is 0. The number of aryl methyl sites for hydroxylation is 1. The molecular formula is C16H21BrN2O2. The number of nitrogens with zero attached hydrogens (tertiary/aromatic N) is 2. The molecule has 1 aromatic rings. The van der Waals surface area contributed by atoms with Gasteiger partial charge in [0.2, 0.25) is 5.91 Å². The molecule has 5 heteroatoms. The number of hydrogen-bond acceptors (Lipinski definition) is 2. The molecule has 1 fully saturated rings. The normalized spacial score (nSPS) is 15.8. The number of benzene rings is 1. The third-order valence-electron chi connectivity index (χ3n) is 3.86. The van der Waals surface area contributed by atoms with E-state index in [0.29, 0.717) is 31.6 Å². The SMILES string of the molecule is CCC(=O)N1CCCN(C(=O)c2cccc(C)c2Br)CC1. The molecule has 0 aliphatic carbocycles. The molecule has 0 N–H and O–H groups in total. The monoisotopic (exact) mass is 352 g/mol. The van der Waals surface area contributed by atoms with E-state index in [1.807, 2.05) is 41.8 Å². The summed E-state index contributed by atoms with van der Waals surface area (Å²) in [6, 6.07) is 5.72. The van der Waals surface area contributed by atoms with Crippen LogP contribution >= 0.6 is 15.9 Å². The minimum absolute atomic E-state index is 0.0383. The Bertz CT molecular complexity index is 545. The Hall–Kier alpha value is -1.36. The minimum atomic E-state index is 0.0383. The Morgan fingerprint density at radius 3 is 2.52 bits per heavy atom. The fourth-order valence-corrected chi connectivity index (χ4v) is 3.01.